The Morgan fingerprint density at radius 3 is 2.36 bits per heavy atom. The van der Waals surface area contributed by atoms with Crippen molar-refractivity contribution >= 4 is 11.7 Å². The minimum atomic E-state index is -0.285. The highest BCUT2D eigenvalue weighted by molar-refractivity contribution is 5.85. The molecule has 0 saturated carbocycles. The first-order valence-corrected chi connectivity index (χ1v) is 3.61. The van der Waals surface area contributed by atoms with Crippen molar-refractivity contribution in [3.05, 3.63) is 0 Å². The zero-order valence-electron chi connectivity index (χ0n) is 6.89. The molecule has 0 aromatic heterocycles. The third-order valence-electron chi connectivity index (χ3n) is 1.66. The smallest absolute Gasteiger partial charge is 0.234 e. The van der Waals surface area contributed by atoms with Gasteiger partial charge in [0.05, 0.1) is 0 Å². The summed E-state index contributed by atoms with van der Waals surface area (Å²) in [4.78, 5) is 21.5. The van der Waals surface area contributed by atoms with Gasteiger partial charge in [0.2, 0.25) is 5.91 Å². The topological polar surface area (TPSA) is 72.2 Å². The van der Waals surface area contributed by atoms with Gasteiger partial charge in [-0.1, -0.05) is 6.92 Å². The summed E-state index contributed by atoms with van der Waals surface area (Å²) in [6.07, 6.45) is 0.880. The van der Waals surface area contributed by atoms with Gasteiger partial charge in [-0.2, -0.15) is 0 Å². The molecule has 0 aliphatic carbocycles. The number of amides is 1. The third-order valence-corrected chi connectivity index (χ3v) is 1.66. The summed E-state index contributed by atoms with van der Waals surface area (Å²) in [5.41, 5.74) is 1.99. The Morgan fingerprint density at radius 1 is 1.55 bits per heavy atom. The van der Waals surface area contributed by atoms with E-state index < -0.39 is 0 Å². The fraction of sp³-hybridized carbons (Fsp3) is 0.714. The number of ketones is 1. The van der Waals surface area contributed by atoms with Crippen LogP contribution in [0, 0.1) is 5.92 Å². The molecule has 4 heteroatoms. The molecule has 0 spiro atoms. The molecule has 0 heterocycles. The van der Waals surface area contributed by atoms with E-state index in [0.717, 1.165) is 0 Å². The normalized spacial score (nSPS) is 12.3. The quantitative estimate of drug-likeness (QED) is 0.343. The molecule has 0 saturated heterocycles. The molecule has 0 radical (unpaired) electrons. The molecule has 0 rings (SSSR count). The van der Waals surface area contributed by atoms with Crippen LogP contribution in [0.15, 0.2) is 0 Å². The second kappa shape index (κ2) is 4.85. The van der Waals surface area contributed by atoms with Gasteiger partial charge in [0, 0.05) is 12.3 Å². The molecule has 0 aliphatic rings. The summed E-state index contributed by atoms with van der Waals surface area (Å²) < 4.78 is 0. The van der Waals surface area contributed by atoms with Crippen LogP contribution in [0.1, 0.15) is 26.7 Å². The van der Waals surface area contributed by atoms with E-state index in [-0.39, 0.29) is 24.0 Å². The Hall–Kier alpha value is -0.900. The first-order valence-electron chi connectivity index (χ1n) is 3.61. The minimum Gasteiger partial charge on any atom is -0.300 e. The molecule has 1 atom stereocenters. The standard InChI is InChI=1S/C7H14N2O2/c1-3-6(5(2)10)4-7(11)9-8/h6H,3-4,8H2,1-2H3,(H,9,11). The monoisotopic (exact) mass is 158 g/mol. The van der Waals surface area contributed by atoms with Crippen molar-refractivity contribution in [1.29, 1.82) is 0 Å². The van der Waals surface area contributed by atoms with Crippen LogP contribution in [-0.4, -0.2) is 11.7 Å². The van der Waals surface area contributed by atoms with Crippen LogP contribution in [0.4, 0.5) is 0 Å². The Labute approximate surface area is 66.1 Å². The largest absolute Gasteiger partial charge is 0.300 e. The highest BCUT2D eigenvalue weighted by Crippen LogP contribution is 2.08. The van der Waals surface area contributed by atoms with E-state index in [4.69, 9.17) is 5.84 Å². The number of rotatable bonds is 4. The van der Waals surface area contributed by atoms with E-state index in [1.54, 1.807) is 0 Å². The van der Waals surface area contributed by atoms with Crippen molar-refractivity contribution in [2.75, 3.05) is 0 Å². The van der Waals surface area contributed by atoms with E-state index in [1.165, 1.54) is 6.92 Å². The van der Waals surface area contributed by atoms with E-state index in [1.807, 2.05) is 12.3 Å². The number of Topliss-reactive ketones (excluding diaryl/α,β-unsaturated/α-hetero) is 1. The summed E-state index contributed by atoms with van der Waals surface area (Å²) in [7, 11) is 0. The molecule has 0 bridgehead atoms. The second-order valence-electron chi connectivity index (χ2n) is 2.49. The maximum absolute atomic E-state index is 10.8. The molecule has 0 aliphatic heterocycles. The van der Waals surface area contributed by atoms with Crippen LogP contribution >= 0.6 is 0 Å². The van der Waals surface area contributed by atoms with Crippen molar-refractivity contribution < 1.29 is 9.59 Å². The molecule has 11 heavy (non-hydrogen) atoms. The number of hydrogen-bond donors (Lipinski definition) is 2. The average molecular weight is 158 g/mol. The van der Waals surface area contributed by atoms with Gasteiger partial charge in [0.15, 0.2) is 0 Å². The number of hydrazine groups is 1. The summed E-state index contributed by atoms with van der Waals surface area (Å²) in [5, 5.41) is 0. The third kappa shape index (κ3) is 3.72. The van der Waals surface area contributed by atoms with Gasteiger partial charge in [-0.15, -0.1) is 0 Å². The van der Waals surface area contributed by atoms with Crippen molar-refractivity contribution in [1.82, 2.24) is 5.43 Å². The van der Waals surface area contributed by atoms with E-state index >= 15 is 0 Å². The highest BCUT2D eigenvalue weighted by atomic mass is 16.2. The zero-order chi connectivity index (χ0) is 8.85. The van der Waals surface area contributed by atoms with E-state index in [0.29, 0.717) is 6.42 Å². The summed E-state index contributed by atoms with van der Waals surface area (Å²) in [5.74, 6) is 4.44. The van der Waals surface area contributed by atoms with Crippen LogP contribution in [0.3, 0.4) is 0 Å². The molecule has 0 aromatic carbocycles. The molecule has 0 aromatic rings. The van der Waals surface area contributed by atoms with Crippen LogP contribution in [0.2, 0.25) is 0 Å². The second-order valence-corrected chi connectivity index (χ2v) is 2.49. The summed E-state index contributed by atoms with van der Waals surface area (Å²) in [6.45, 7) is 3.35. The van der Waals surface area contributed by atoms with Gasteiger partial charge in [-0.3, -0.25) is 15.0 Å². The molecule has 0 fully saturated rings. The number of carbonyl (C=O) groups excluding carboxylic acids is 2. The van der Waals surface area contributed by atoms with Gasteiger partial charge in [0.1, 0.15) is 5.78 Å². The Bertz CT molecular complexity index is 157. The fourth-order valence-corrected chi connectivity index (χ4v) is 0.858. The van der Waals surface area contributed by atoms with Crippen LogP contribution < -0.4 is 11.3 Å². The number of nitrogens with two attached hydrogens (primary N) is 1. The maximum atomic E-state index is 10.8. The lowest BCUT2D eigenvalue weighted by Crippen LogP contribution is -2.32. The zero-order valence-corrected chi connectivity index (χ0v) is 6.89. The summed E-state index contributed by atoms with van der Waals surface area (Å²) in [6, 6.07) is 0. The molecular weight excluding hydrogens is 144 g/mol. The average Bonchev–Trinajstić information content (AvgIpc) is 1.99. The van der Waals surface area contributed by atoms with Gasteiger partial charge in [-0.25, -0.2) is 5.84 Å². The van der Waals surface area contributed by atoms with Crippen LogP contribution in [0.25, 0.3) is 0 Å². The predicted molar refractivity (Wildman–Crippen MR) is 41.4 cm³/mol. The molecule has 1 amide bonds. The molecular formula is C7H14N2O2. The van der Waals surface area contributed by atoms with Gasteiger partial charge >= 0.3 is 0 Å². The molecule has 4 nitrogen and oxygen atoms in total. The Kier molecular flexibility index (Phi) is 4.45. The van der Waals surface area contributed by atoms with Crippen molar-refractivity contribution in [3.63, 3.8) is 0 Å². The number of nitrogens with one attached hydrogen (secondary N) is 1. The lowest BCUT2D eigenvalue weighted by atomic mass is 9.98. The van der Waals surface area contributed by atoms with Crippen molar-refractivity contribution in [2.45, 2.75) is 26.7 Å². The van der Waals surface area contributed by atoms with Crippen LogP contribution in [0.5, 0.6) is 0 Å². The Balaban J connectivity index is 3.88. The van der Waals surface area contributed by atoms with Crippen molar-refractivity contribution in [3.8, 4) is 0 Å². The molecule has 1 unspecified atom stereocenters. The molecule has 64 valence electrons. The van der Waals surface area contributed by atoms with Crippen molar-refractivity contribution in [2.24, 2.45) is 11.8 Å². The van der Waals surface area contributed by atoms with Gasteiger partial charge in [-0.05, 0) is 13.3 Å². The van der Waals surface area contributed by atoms with E-state index in [9.17, 15) is 9.59 Å². The molecule has 3 N–H and O–H groups in total. The lowest BCUT2D eigenvalue weighted by Gasteiger charge is -2.08. The Morgan fingerprint density at radius 2 is 2.09 bits per heavy atom. The first kappa shape index (κ1) is 10.1. The SMILES string of the molecule is CCC(CC(=O)NN)C(C)=O. The lowest BCUT2D eigenvalue weighted by molar-refractivity contribution is -0.128. The van der Waals surface area contributed by atoms with Crippen LogP contribution in [-0.2, 0) is 9.59 Å². The fourth-order valence-electron chi connectivity index (χ4n) is 0.858. The van der Waals surface area contributed by atoms with Gasteiger partial charge < -0.3 is 0 Å². The number of hydrogen-bond acceptors (Lipinski definition) is 3. The maximum Gasteiger partial charge on any atom is 0.234 e. The highest BCUT2D eigenvalue weighted by Gasteiger charge is 2.14. The summed E-state index contributed by atoms with van der Waals surface area (Å²) >= 11 is 0. The predicted octanol–water partition coefficient (Wildman–Crippen LogP) is -0.0184. The first-order chi connectivity index (χ1) is 5.11. The minimum absolute atomic E-state index is 0.0381. The number of carbonyl (C=O) groups is 2. The van der Waals surface area contributed by atoms with Gasteiger partial charge in [0.25, 0.3) is 0 Å². The van der Waals surface area contributed by atoms with E-state index in [2.05, 4.69) is 0 Å².